The van der Waals surface area contributed by atoms with E-state index in [0.29, 0.717) is 10.6 Å². The van der Waals surface area contributed by atoms with Gasteiger partial charge in [0.15, 0.2) is 0 Å². The molecule has 0 aliphatic rings. The standard InChI is InChI=1S/C22H22ClN3O2/c1-14(16-11-6-8-15-7-2-3-9-17(15)16)25-21(27)13-20(26-22(24)28)18-10-4-5-12-19(18)23/h2-12,14,20H,13H2,1H3,(H,25,27)(H3,24,26,28). The molecule has 2 atom stereocenters. The maximum absolute atomic E-state index is 12.7. The second-order valence-electron chi connectivity index (χ2n) is 6.64. The summed E-state index contributed by atoms with van der Waals surface area (Å²) in [6.45, 7) is 1.94. The van der Waals surface area contributed by atoms with Crippen molar-refractivity contribution < 1.29 is 9.59 Å². The Morgan fingerprint density at radius 3 is 2.32 bits per heavy atom. The third kappa shape index (κ3) is 4.61. The molecular formula is C22H22ClN3O2. The lowest BCUT2D eigenvalue weighted by atomic mass is 9.99. The van der Waals surface area contributed by atoms with Crippen molar-refractivity contribution in [3.63, 3.8) is 0 Å². The van der Waals surface area contributed by atoms with E-state index in [1.807, 2.05) is 49.4 Å². The number of carbonyl (C=O) groups excluding carboxylic acids is 2. The minimum absolute atomic E-state index is 0.0295. The highest BCUT2D eigenvalue weighted by atomic mass is 35.5. The van der Waals surface area contributed by atoms with Crippen LogP contribution in [0.5, 0.6) is 0 Å². The Kier molecular flexibility index (Phi) is 6.16. The van der Waals surface area contributed by atoms with Gasteiger partial charge in [0.25, 0.3) is 0 Å². The number of hydrogen-bond donors (Lipinski definition) is 3. The first-order valence-electron chi connectivity index (χ1n) is 9.03. The molecule has 144 valence electrons. The SMILES string of the molecule is CC(NC(=O)CC(NC(N)=O)c1ccccc1Cl)c1cccc2ccccc12. The van der Waals surface area contributed by atoms with Gasteiger partial charge in [-0.3, -0.25) is 4.79 Å². The number of urea groups is 1. The molecule has 0 spiro atoms. The molecule has 0 aliphatic heterocycles. The molecule has 4 N–H and O–H groups in total. The summed E-state index contributed by atoms with van der Waals surface area (Å²) in [6, 6.07) is 19.6. The topological polar surface area (TPSA) is 84.2 Å². The third-order valence-electron chi connectivity index (χ3n) is 4.65. The van der Waals surface area contributed by atoms with Crippen molar-refractivity contribution in [2.24, 2.45) is 5.73 Å². The number of carbonyl (C=O) groups is 2. The lowest BCUT2D eigenvalue weighted by Gasteiger charge is -2.21. The third-order valence-corrected chi connectivity index (χ3v) is 5.00. The molecule has 0 aliphatic carbocycles. The van der Waals surface area contributed by atoms with E-state index in [1.165, 1.54) is 0 Å². The van der Waals surface area contributed by atoms with Crippen LogP contribution in [0, 0.1) is 0 Å². The predicted molar refractivity (Wildman–Crippen MR) is 112 cm³/mol. The number of benzene rings is 3. The number of halogens is 1. The van der Waals surface area contributed by atoms with Crippen LogP contribution in [0.15, 0.2) is 66.7 Å². The normalized spacial score (nSPS) is 12.9. The highest BCUT2D eigenvalue weighted by Gasteiger charge is 2.21. The second-order valence-corrected chi connectivity index (χ2v) is 7.05. The minimum atomic E-state index is -0.708. The van der Waals surface area contributed by atoms with Crippen molar-refractivity contribution in [3.05, 3.63) is 82.9 Å². The molecule has 5 nitrogen and oxygen atoms in total. The Labute approximate surface area is 168 Å². The van der Waals surface area contributed by atoms with Crippen LogP contribution in [0.1, 0.15) is 36.6 Å². The molecular weight excluding hydrogens is 374 g/mol. The van der Waals surface area contributed by atoms with Gasteiger partial charge in [-0.25, -0.2) is 4.79 Å². The summed E-state index contributed by atoms with van der Waals surface area (Å²) in [5.41, 5.74) is 6.97. The van der Waals surface area contributed by atoms with Gasteiger partial charge >= 0.3 is 6.03 Å². The van der Waals surface area contributed by atoms with Crippen molar-refractivity contribution >= 4 is 34.3 Å². The minimum Gasteiger partial charge on any atom is -0.352 e. The lowest BCUT2D eigenvalue weighted by Crippen LogP contribution is -2.37. The first kappa shape index (κ1) is 19.7. The molecule has 6 heteroatoms. The first-order chi connectivity index (χ1) is 13.5. The van der Waals surface area contributed by atoms with Gasteiger partial charge in [0.05, 0.1) is 18.5 Å². The van der Waals surface area contributed by atoms with Gasteiger partial charge in [0.2, 0.25) is 5.91 Å². The fraction of sp³-hybridized carbons (Fsp3) is 0.182. The molecule has 0 saturated carbocycles. The molecule has 3 rings (SSSR count). The predicted octanol–water partition coefficient (Wildman–Crippen LogP) is 4.47. The number of hydrogen-bond acceptors (Lipinski definition) is 2. The summed E-state index contributed by atoms with van der Waals surface area (Å²) < 4.78 is 0. The van der Waals surface area contributed by atoms with E-state index >= 15 is 0 Å². The van der Waals surface area contributed by atoms with Crippen molar-refractivity contribution in [1.82, 2.24) is 10.6 Å². The summed E-state index contributed by atoms with van der Waals surface area (Å²) in [5, 5.41) is 8.29. The monoisotopic (exact) mass is 395 g/mol. The van der Waals surface area contributed by atoms with E-state index in [0.717, 1.165) is 16.3 Å². The molecule has 0 aromatic heterocycles. The number of nitrogens with two attached hydrogens (primary N) is 1. The summed E-state index contributed by atoms with van der Waals surface area (Å²) in [5.74, 6) is -0.209. The van der Waals surface area contributed by atoms with Crippen LogP contribution in [0.3, 0.4) is 0 Å². The van der Waals surface area contributed by atoms with Crippen molar-refractivity contribution in [3.8, 4) is 0 Å². The highest BCUT2D eigenvalue weighted by molar-refractivity contribution is 6.31. The zero-order valence-electron chi connectivity index (χ0n) is 15.5. The largest absolute Gasteiger partial charge is 0.352 e. The average molecular weight is 396 g/mol. The van der Waals surface area contributed by atoms with E-state index in [9.17, 15) is 9.59 Å². The summed E-state index contributed by atoms with van der Waals surface area (Å²) >= 11 is 6.23. The van der Waals surface area contributed by atoms with Gasteiger partial charge < -0.3 is 16.4 Å². The van der Waals surface area contributed by atoms with Crippen LogP contribution in [-0.2, 0) is 4.79 Å². The summed E-state index contributed by atoms with van der Waals surface area (Å²) in [4.78, 5) is 24.1. The van der Waals surface area contributed by atoms with Gasteiger partial charge in [-0.2, -0.15) is 0 Å². The van der Waals surface area contributed by atoms with E-state index in [2.05, 4.69) is 10.6 Å². The number of fused-ring (bicyclic) bond motifs is 1. The lowest BCUT2D eigenvalue weighted by molar-refractivity contribution is -0.122. The molecule has 0 radical (unpaired) electrons. The van der Waals surface area contributed by atoms with Gasteiger partial charge in [0, 0.05) is 5.02 Å². The Hall–Kier alpha value is -3.05. The van der Waals surface area contributed by atoms with Crippen LogP contribution in [0.25, 0.3) is 10.8 Å². The smallest absolute Gasteiger partial charge is 0.312 e. The van der Waals surface area contributed by atoms with Crippen LogP contribution in [0.2, 0.25) is 5.02 Å². The molecule has 0 bridgehead atoms. The van der Waals surface area contributed by atoms with Crippen molar-refractivity contribution in [2.45, 2.75) is 25.4 Å². The van der Waals surface area contributed by atoms with Crippen LogP contribution < -0.4 is 16.4 Å². The molecule has 28 heavy (non-hydrogen) atoms. The zero-order valence-corrected chi connectivity index (χ0v) is 16.2. The Balaban J connectivity index is 1.77. The van der Waals surface area contributed by atoms with E-state index < -0.39 is 12.1 Å². The van der Waals surface area contributed by atoms with E-state index in [4.69, 9.17) is 17.3 Å². The number of nitrogens with one attached hydrogen (secondary N) is 2. The maximum atomic E-state index is 12.7. The van der Waals surface area contributed by atoms with Crippen molar-refractivity contribution in [2.75, 3.05) is 0 Å². The Morgan fingerprint density at radius 1 is 0.929 bits per heavy atom. The van der Waals surface area contributed by atoms with Crippen LogP contribution in [-0.4, -0.2) is 11.9 Å². The van der Waals surface area contributed by atoms with Gasteiger partial charge in [-0.15, -0.1) is 0 Å². The number of rotatable bonds is 6. The van der Waals surface area contributed by atoms with E-state index in [-0.39, 0.29) is 18.4 Å². The second kappa shape index (κ2) is 8.76. The molecule has 2 unspecified atom stereocenters. The van der Waals surface area contributed by atoms with Gasteiger partial charge in [-0.05, 0) is 34.9 Å². The van der Waals surface area contributed by atoms with Gasteiger partial charge in [0.1, 0.15) is 0 Å². The molecule has 3 amide bonds. The molecule has 3 aromatic carbocycles. The fourth-order valence-corrected chi connectivity index (χ4v) is 3.63. The number of primary amides is 1. The van der Waals surface area contributed by atoms with Crippen molar-refractivity contribution in [1.29, 1.82) is 0 Å². The first-order valence-corrected chi connectivity index (χ1v) is 9.41. The average Bonchev–Trinajstić information content (AvgIpc) is 2.67. The van der Waals surface area contributed by atoms with Crippen LogP contribution in [0.4, 0.5) is 4.79 Å². The fourth-order valence-electron chi connectivity index (χ4n) is 3.36. The van der Waals surface area contributed by atoms with Crippen LogP contribution >= 0.6 is 11.6 Å². The van der Waals surface area contributed by atoms with E-state index in [1.54, 1.807) is 24.3 Å². The summed E-state index contributed by atoms with van der Waals surface area (Å²) in [6.07, 6.45) is 0.0295. The molecule has 0 heterocycles. The molecule has 0 saturated heterocycles. The van der Waals surface area contributed by atoms with Gasteiger partial charge in [-0.1, -0.05) is 72.3 Å². The Morgan fingerprint density at radius 2 is 1.57 bits per heavy atom. The zero-order chi connectivity index (χ0) is 20.1. The molecule has 3 aromatic rings. The quantitative estimate of drug-likeness (QED) is 0.575. The number of amides is 3. The maximum Gasteiger partial charge on any atom is 0.312 e. The Bertz CT molecular complexity index is 1000. The molecule has 0 fully saturated rings. The highest BCUT2D eigenvalue weighted by Crippen LogP contribution is 2.27. The summed E-state index contributed by atoms with van der Waals surface area (Å²) in [7, 11) is 0.